The molecule has 12 heteroatoms. The summed E-state index contributed by atoms with van der Waals surface area (Å²) in [6, 6.07) is 1.45. The van der Waals surface area contributed by atoms with Gasteiger partial charge in [-0.05, 0) is 70.9 Å². The van der Waals surface area contributed by atoms with E-state index in [-0.39, 0.29) is 61.0 Å². The van der Waals surface area contributed by atoms with Gasteiger partial charge in [0.1, 0.15) is 12.4 Å². The molecule has 0 spiro atoms. The fourth-order valence-corrected chi connectivity index (χ4v) is 7.71. The fraction of sp³-hybridized carbons (Fsp3) is 0.731. The third-order valence-corrected chi connectivity index (χ3v) is 9.48. The van der Waals surface area contributed by atoms with Crippen molar-refractivity contribution in [3.05, 3.63) is 23.9 Å². The number of rotatable bonds is 5. The third-order valence-electron chi connectivity index (χ3n) is 9.48. The maximum Gasteiger partial charge on any atom is 0.418 e. The van der Waals surface area contributed by atoms with Crippen molar-refractivity contribution in [1.82, 2.24) is 15.1 Å². The van der Waals surface area contributed by atoms with E-state index in [1.807, 2.05) is 6.92 Å². The second-order valence-electron chi connectivity index (χ2n) is 12.7. The zero-order valence-electron chi connectivity index (χ0n) is 21.1. The Morgan fingerprint density at radius 2 is 1.71 bits per heavy atom. The van der Waals surface area contributed by atoms with Gasteiger partial charge < -0.3 is 20.3 Å². The molecule has 6 nitrogen and oxygen atoms in total. The van der Waals surface area contributed by atoms with Crippen LogP contribution < -0.4 is 10.1 Å². The smallest absolute Gasteiger partial charge is 0.418 e. The Balaban J connectivity index is 1.19. The number of halogens is 6. The number of hydrogen-bond acceptors (Lipinski definition) is 5. The van der Waals surface area contributed by atoms with Gasteiger partial charge in [-0.25, -0.2) is 0 Å². The average molecular weight is 548 g/mol. The van der Waals surface area contributed by atoms with Crippen LogP contribution in [-0.2, 0) is 6.18 Å². The molecule has 1 aromatic carbocycles. The second-order valence-corrected chi connectivity index (χ2v) is 12.7. The lowest BCUT2D eigenvalue weighted by molar-refractivity contribution is -0.403. The molecule has 4 saturated carbocycles. The van der Waals surface area contributed by atoms with Gasteiger partial charge in [0.05, 0.1) is 39.9 Å². The minimum atomic E-state index is -4.67. The standard InChI is InChI=1S/C26H31F6N3O3/c1-14-5-24(37,22-11-23(12-22,13-22)26(30,31)32)6-16(34-14)10-38-18-3-15-9-33-35(17-7-21(2,36)8-17)20(15)19(4-18)25(27,28)29/h3-4,9,14,16-17,34,36-37H,5-8,10-13H2,1-2H3/t14-,16-,17?,21?,22?,23?,24-/m0/s1. The summed E-state index contributed by atoms with van der Waals surface area (Å²) < 4.78 is 89.4. The molecule has 38 heavy (non-hydrogen) atoms. The van der Waals surface area contributed by atoms with Crippen molar-refractivity contribution in [3.8, 4) is 5.75 Å². The summed E-state index contributed by atoms with van der Waals surface area (Å²) >= 11 is 0. The van der Waals surface area contributed by atoms with E-state index in [1.165, 1.54) is 16.9 Å². The largest absolute Gasteiger partial charge is 0.492 e. The van der Waals surface area contributed by atoms with Crippen LogP contribution >= 0.6 is 0 Å². The third kappa shape index (κ3) is 3.84. The van der Waals surface area contributed by atoms with Gasteiger partial charge in [0.15, 0.2) is 0 Å². The van der Waals surface area contributed by atoms with Gasteiger partial charge >= 0.3 is 12.4 Å². The lowest BCUT2D eigenvalue weighted by Crippen LogP contribution is -2.78. The number of ether oxygens (including phenoxy) is 1. The van der Waals surface area contributed by atoms with Crippen LogP contribution in [0.25, 0.3) is 10.9 Å². The van der Waals surface area contributed by atoms with Gasteiger partial charge in [-0.3, -0.25) is 4.68 Å². The lowest BCUT2D eigenvalue weighted by Gasteiger charge is -2.76. The zero-order chi connectivity index (χ0) is 27.5. The Kier molecular flexibility index (Phi) is 5.36. The molecule has 5 fully saturated rings. The molecule has 1 aromatic heterocycles. The van der Waals surface area contributed by atoms with E-state index in [4.69, 9.17) is 4.74 Å². The van der Waals surface area contributed by atoms with Crippen molar-refractivity contribution in [2.24, 2.45) is 10.8 Å². The second kappa shape index (κ2) is 7.78. The first kappa shape index (κ1) is 26.2. The number of alkyl halides is 6. The average Bonchev–Trinajstić information content (AvgIpc) is 3.08. The maximum absolute atomic E-state index is 14.1. The highest BCUT2D eigenvalue weighted by molar-refractivity contribution is 5.84. The highest BCUT2D eigenvalue weighted by Gasteiger charge is 2.83. The molecule has 3 N–H and O–H groups in total. The van der Waals surface area contributed by atoms with Crippen LogP contribution in [-0.4, -0.2) is 56.1 Å². The van der Waals surface area contributed by atoms with E-state index in [9.17, 15) is 36.6 Å². The summed E-state index contributed by atoms with van der Waals surface area (Å²) in [7, 11) is 0. The summed E-state index contributed by atoms with van der Waals surface area (Å²) in [5, 5.41) is 29.2. The molecule has 0 radical (unpaired) electrons. The number of aliphatic hydroxyl groups is 2. The van der Waals surface area contributed by atoms with Crippen LogP contribution in [0.2, 0.25) is 0 Å². The number of benzene rings is 1. The highest BCUT2D eigenvalue weighted by atomic mass is 19.4. The molecule has 1 saturated heterocycles. The lowest BCUT2D eigenvalue weighted by atomic mass is 9.29. The van der Waals surface area contributed by atoms with E-state index in [1.54, 1.807) is 6.92 Å². The zero-order valence-corrected chi connectivity index (χ0v) is 21.1. The molecule has 210 valence electrons. The number of aromatic nitrogens is 2. The van der Waals surface area contributed by atoms with E-state index in [0.717, 1.165) is 6.07 Å². The van der Waals surface area contributed by atoms with Crippen molar-refractivity contribution in [3.63, 3.8) is 0 Å². The predicted octanol–water partition coefficient (Wildman–Crippen LogP) is 5.12. The van der Waals surface area contributed by atoms with Crippen LogP contribution in [0.15, 0.2) is 18.3 Å². The van der Waals surface area contributed by atoms with Crippen LogP contribution in [0.1, 0.15) is 70.4 Å². The first-order chi connectivity index (χ1) is 17.5. The molecule has 7 rings (SSSR count). The van der Waals surface area contributed by atoms with Crippen LogP contribution in [0.4, 0.5) is 26.3 Å². The molecule has 0 unspecified atom stereocenters. The van der Waals surface area contributed by atoms with Crippen molar-refractivity contribution in [2.45, 2.75) is 100 Å². The number of hydrogen-bond donors (Lipinski definition) is 3. The van der Waals surface area contributed by atoms with E-state index in [2.05, 4.69) is 10.4 Å². The topological polar surface area (TPSA) is 79.5 Å². The SMILES string of the molecule is C[C@H]1C[C@@](O)(C23CC(C(F)(F)F)(C2)C3)C[C@@H](COc2cc(C(F)(F)F)c3c(cnn3C3CC(C)(O)C3)c2)N1. The number of fused-ring (bicyclic) bond motifs is 1. The Morgan fingerprint density at radius 3 is 2.29 bits per heavy atom. The minimum absolute atomic E-state index is 0.00455. The van der Waals surface area contributed by atoms with Gasteiger partial charge in [0, 0.05) is 22.9 Å². The molecule has 5 aliphatic rings. The predicted molar refractivity (Wildman–Crippen MR) is 124 cm³/mol. The van der Waals surface area contributed by atoms with Crippen molar-refractivity contribution in [2.75, 3.05) is 6.61 Å². The Hall–Kier alpha value is -2.05. The Morgan fingerprint density at radius 1 is 1.05 bits per heavy atom. The monoisotopic (exact) mass is 547 g/mol. The van der Waals surface area contributed by atoms with Gasteiger partial charge in [0.25, 0.3) is 0 Å². The van der Waals surface area contributed by atoms with Crippen molar-refractivity contribution >= 4 is 10.9 Å². The summed E-state index contributed by atoms with van der Waals surface area (Å²) in [6.07, 6.45) is -6.73. The molecule has 2 heterocycles. The highest BCUT2D eigenvalue weighted by Crippen LogP contribution is 2.82. The van der Waals surface area contributed by atoms with E-state index in [0.29, 0.717) is 19.3 Å². The molecule has 3 atom stereocenters. The molecule has 0 amide bonds. The summed E-state index contributed by atoms with van der Waals surface area (Å²) in [5.74, 6) is -0.00455. The van der Waals surface area contributed by atoms with Gasteiger partial charge in [0.2, 0.25) is 0 Å². The first-order valence-corrected chi connectivity index (χ1v) is 12.9. The van der Waals surface area contributed by atoms with Crippen LogP contribution in [0, 0.1) is 10.8 Å². The molecule has 4 aliphatic carbocycles. The molecule has 1 aliphatic heterocycles. The number of nitrogens with zero attached hydrogens (tertiary/aromatic N) is 2. The molecule has 2 bridgehead atoms. The first-order valence-electron chi connectivity index (χ1n) is 12.9. The van der Waals surface area contributed by atoms with Gasteiger partial charge in [-0.1, -0.05) is 0 Å². The molecular formula is C26H31F6N3O3. The number of piperidine rings is 1. The molecular weight excluding hydrogens is 516 g/mol. The van der Waals surface area contributed by atoms with Gasteiger partial charge in [-0.2, -0.15) is 31.4 Å². The summed E-state index contributed by atoms with van der Waals surface area (Å²) in [4.78, 5) is 0. The summed E-state index contributed by atoms with van der Waals surface area (Å²) in [6.45, 7) is 3.42. The summed E-state index contributed by atoms with van der Waals surface area (Å²) in [5.41, 5.74) is -5.60. The Labute approximate surface area is 215 Å². The quantitative estimate of drug-likeness (QED) is 0.453. The van der Waals surface area contributed by atoms with Crippen molar-refractivity contribution < 1.29 is 41.3 Å². The maximum atomic E-state index is 14.1. The number of nitrogens with one attached hydrogen (secondary N) is 1. The van der Waals surface area contributed by atoms with Crippen molar-refractivity contribution in [1.29, 1.82) is 0 Å². The van der Waals surface area contributed by atoms with E-state index >= 15 is 0 Å². The molecule has 2 aromatic rings. The normalized spacial score (nSPS) is 40.8. The fourth-order valence-electron chi connectivity index (χ4n) is 7.71. The van der Waals surface area contributed by atoms with E-state index < -0.39 is 46.0 Å². The van der Waals surface area contributed by atoms with Gasteiger partial charge in [-0.15, -0.1) is 0 Å². The van der Waals surface area contributed by atoms with Crippen LogP contribution in [0.5, 0.6) is 5.75 Å². The minimum Gasteiger partial charge on any atom is -0.492 e. The van der Waals surface area contributed by atoms with Crippen LogP contribution in [0.3, 0.4) is 0 Å². The Bertz CT molecular complexity index is 1240.